The van der Waals surface area contributed by atoms with Gasteiger partial charge in [0.25, 0.3) is 0 Å². The molecule has 0 bridgehead atoms. The van der Waals surface area contributed by atoms with Crippen LogP contribution in [0.1, 0.15) is 41.8 Å². The average molecular weight is 351 g/mol. The normalized spacial score (nSPS) is 12.2. The number of ether oxygens (including phenoxy) is 2. The fraction of sp³-hybridized carbons (Fsp3) is 0.238. The van der Waals surface area contributed by atoms with Gasteiger partial charge in [-0.25, -0.2) is 4.79 Å². The molecule has 0 saturated heterocycles. The summed E-state index contributed by atoms with van der Waals surface area (Å²) in [5.41, 5.74) is 2.05. The number of methoxy groups -OCH3 is 1. The lowest BCUT2D eigenvalue weighted by molar-refractivity contribution is 0.0697. The molecule has 2 rings (SSSR count). The number of hydrogen-bond donors (Lipinski definition) is 1. The summed E-state index contributed by atoms with van der Waals surface area (Å²) < 4.78 is 11.2. The predicted molar refractivity (Wildman–Crippen MR) is 100 cm³/mol. The monoisotopic (exact) mass is 351 g/mol. The summed E-state index contributed by atoms with van der Waals surface area (Å²) in [4.78, 5) is 10.9. The molecule has 0 radical (unpaired) electrons. The predicted octanol–water partition coefficient (Wildman–Crippen LogP) is 4.63. The molecule has 0 fully saturated rings. The van der Waals surface area contributed by atoms with Crippen LogP contribution in [0.5, 0.6) is 11.5 Å². The Bertz CT molecular complexity index is 847. The van der Waals surface area contributed by atoms with Gasteiger partial charge in [0.2, 0.25) is 0 Å². The maximum absolute atomic E-state index is 10.9. The number of carboxylic acid groups (broad SMARTS) is 1. The summed E-state index contributed by atoms with van der Waals surface area (Å²) in [6.45, 7) is 4.03. The van der Waals surface area contributed by atoms with E-state index in [1.807, 2.05) is 26.0 Å². The van der Waals surface area contributed by atoms with Gasteiger partial charge in [-0.2, -0.15) is 5.26 Å². The van der Waals surface area contributed by atoms with Gasteiger partial charge < -0.3 is 14.6 Å². The third-order valence-corrected chi connectivity index (χ3v) is 3.97. The molecule has 2 aromatic carbocycles. The zero-order valence-electron chi connectivity index (χ0n) is 15.0. The fourth-order valence-corrected chi connectivity index (χ4v) is 2.31. The maximum Gasteiger partial charge on any atom is 0.335 e. The lowest BCUT2D eigenvalue weighted by atomic mass is 10.0. The van der Waals surface area contributed by atoms with Gasteiger partial charge in [-0.3, -0.25) is 0 Å². The first kappa shape index (κ1) is 19.1. The molecular formula is C21H21NO4. The summed E-state index contributed by atoms with van der Waals surface area (Å²) >= 11 is 0. The summed E-state index contributed by atoms with van der Waals surface area (Å²) in [5.74, 6) is 0.251. The number of aromatic carboxylic acids is 1. The summed E-state index contributed by atoms with van der Waals surface area (Å²) in [5, 5.41) is 18.4. The molecule has 0 amide bonds. The Morgan fingerprint density at radius 3 is 2.38 bits per heavy atom. The first-order valence-corrected chi connectivity index (χ1v) is 8.28. The fourth-order valence-electron chi connectivity index (χ4n) is 2.31. The van der Waals surface area contributed by atoms with E-state index in [9.17, 15) is 10.1 Å². The van der Waals surface area contributed by atoms with Crippen LogP contribution in [0.25, 0.3) is 11.6 Å². The van der Waals surface area contributed by atoms with E-state index in [1.54, 1.807) is 31.4 Å². The van der Waals surface area contributed by atoms with E-state index < -0.39 is 5.97 Å². The molecule has 5 nitrogen and oxygen atoms in total. The molecule has 0 aliphatic carbocycles. The highest BCUT2D eigenvalue weighted by atomic mass is 16.5. The first-order valence-electron chi connectivity index (χ1n) is 8.28. The molecule has 1 atom stereocenters. The maximum atomic E-state index is 10.9. The van der Waals surface area contributed by atoms with Gasteiger partial charge in [-0.05, 0) is 54.8 Å². The second-order valence-corrected chi connectivity index (χ2v) is 5.80. The van der Waals surface area contributed by atoms with Gasteiger partial charge in [0.15, 0.2) is 11.5 Å². The Morgan fingerprint density at radius 1 is 1.19 bits per heavy atom. The molecular weight excluding hydrogens is 330 g/mol. The zero-order chi connectivity index (χ0) is 19.1. The standard InChI is InChI=1S/C21H21NO4/c1-4-14(2)26-19-10-5-15(12-20(19)25-3)11-18(13-22)16-6-8-17(9-7-16)21(23)24/h5-12,14H,4H2,1-3H3,(H,23,24)/b18-11-/t14-/m0/s1. The van der Waals surface area contributed by atoms with Gasteiger partial charge in [0.1, 0.15) is 0 Å². The quantitative estimate of drug-likeness (QED) is 0.581. The highest BCUT2D eigenvalue weighted by Gasteiger charge is 2.10. The van der Waals surface area contributed by atoms with Crippen LogP contribution in [-0.4, -0.2) is 24.3 Å². The van der Waals surface area contributed by atoms with Crippen LogP contribution < -0.4 is 9.47 Å². The molecule has 0 aromatic heterocycles. The first-order chi connectivity index (χ1) is 12.5. The van der Waals surface area contributed by atoms with E-state index >= 15 is 0 Å². The van der Waals surface area contributed by atoms with Crippen molar-refractivity contribution < 1.29 is 19.4 Å². The van der Waals surface area contributed by atoms with Crippen molar-refractivity contribution in [1.29, 1.82) is 5.26 Å². The summed E-state index contributed by atoms with van der Waals surface area (Å²) in [7, 11) is 1.57. The summed E-state index contributed by atoms with van der Waals surface area (Å²) in [6.07, 6.45) is 2.69. The van der Waals surface area contributed by atoms with E-state index in [2.05, 4.69) is 6.07 Å². The molecule has 0 saturated carbocycles. The van der Waals surface area contributed by atoms with Gasteiger partial charge >= 0.3 is 5.97 Å². The number of nitrogens with zero attached hydrogens (tertiary/aromatic N) is 1. The summed E-state index contributed by atoms with van der Waals surface area (Å²) in [6, 6.07) is 13.8. The third kappa shape index (κ3) is 4.64. The van der Waals surface area contributed by atoms with Crippen LogP contribution in [0.4, 0.5) is 0 Å². The van der Waals surface area contributed by atoms with Crippen molar-refractivity contribution in [2.24, 2.45) is 0 Å². The molecule has 0 spiro atoms. The van der Waals surface area contributed by atoms with Crippen molar-refractivity contribution in [2.75, 3.05) is 7.11 Å². The van der Waals surface area contributed by atoms with E-state index in [0.29, 0.717) is 22.6 Å². The molecule has 2 aromatic rings. The molecule has 134 valence electrons. The number of hydrogen-bond acceptors (Lipinski definition) is 4. The second kappa shape index (κ2) is 8.72. The molecule has 5 heteroatoms. The van der Waals surface area contributed by atoms with Gasteiger partial charge in [0.05, 0.1) is 30.4 Å². The van der Waals surface area contributed by atoms with Crippen LogP contribution in [0.2, 0.25) is 0 Å². The molecule has 1 N–H and O–H groups in total. The molecule has 26 heavy (non-hydrogen) atoms. The Hall–Kier alpha value is -3.26. The number of rotatable bonds is 7. The van der Waals surface area contributed by atoms with Crippen LogP contribution in [-0.2, 0) is 0 Å². The number of allylic oxidation sites excluding steroid dienone is 1. The average Bonchev–Trinajstić information content (AvgIpc) is 2.66. The lowest BCUT2D eigenvalue weighted by Gasteiger charge is -2.15. The third-order valence-electron chi connectivity index (χ3n) is 3.97. The zero-order valence-corrected chi connectivity index (χ0v) is 15.0. The van der Waals surface area contributed by atoms with Crippen molar-refractivity contribution in [3.8, 4) is 17.6 Å². The molecule has 0 aliphatic rings. The lowest BCUT2D eigenvalue weighted by Crippen LogP contribution is -2.10. The highest BCUT2D eigenvalue weighted by Crippen LogP contribution is 2.31. The van der Waals surface area contributed by atoms with Crippen LogP contribution in [0.15, 0.2) is 42.5 Å². The van der Waals surface area contributed by atoms with E-state index in [0.717, 1.165) is 12.0 Å². The Morgan fingerprint density at radius 2 is 1.85 bits per heavy atom. The SMILES string of the molecule is CC[C@H](C)Oc1ccc(/C=C(/C#N)c2ccc(C(=O)O)cc2)cc1OC. The van der Waals surface area contributed by atoms with Crippen molar-refractivity contribution in [3.63, 3.8) is 0 Å². The van der Waals surface area contributed by atoms with Gasteiger partial charge in [-0.15, -0.1) is 0 Å². The Labute approximate surface area is 153 Å². The Kier molecular flexibility index (Phi) is 6.40. The Balaban J connectivity index is 2.33. The van der Waals surface area contributed by atoms with E-state index in [4.69, 9.17) is 14.6 Å². The van der Waals surface area contributed by atoms with Gasteiger partial charge in [-0.1, -0.05) is 25.1 Å². The molecule has 0 aliphatic heterocycles. The second-order valence-electron chi connectivity index (χ2n) is 5.80. The van der Waals surface area contributed by atoms with E-state index in [1.165, 1.54) is 12.1 Å². The minimum Gasteiger partial charge on any atom is -0.493 e. The largest absolute Gasteiger partial charge is 0.493 e. The van der Waals surface area contributed by atoms with Crippen LogP contribution in [0.3, 0.4) is 0 Å². The number of carbonyl (C=O) groups is 1. The number of benzene rings is 2. The van der Waals surface area contributed by atoms with Crippen LogP contribution >= 0.6 is 0 Å². The van der Waals surface area contributed by atoms with E-state index in [-0.39, 0.29) is 11.7 Å². The minimum atomic E-state index is -0.999. The van der Waals surface area contributed by atoms with Crippen LogP contribution in [0, 0.1) is 11.3 Å². The molecule has 0 heterocycles. The number of carboxylic acids is 1. The highest BCUT2D eigenvalue weighted by molar-refractivity contribution is 5.92. The van der Waals surface area contributed by atoms with Crippen molar-refractivity contribution in [1.82, 2.24) is 0 Å². The van der Waals surface area contributed by atoms with Crippen molar-refractivity contribution >= 4 is 17.6 Å². The topological polar surface area (TPSA) is 79.5 Å². The van der Waals surface area contributed by atoms with Gasteiger partial charge in [0, 0.05) is 0 Å². The smallest absolute Gasteiger partial charge is 0.335 e. The van der Waals surface area contributed by atoms with Crippen molar-refractivity contribution in [3.05, 3.63) is 59.2 Å². The molecule has 0 unspecified atom stereocenters. The van der Waals surface area contributed by atoms with Crippen molar-refractivity contribution in [2.45, 2.75) is 26.4 Å². The number of nitriles is 1. The minimum absolute atomic E-state index is 0.0766.